The standard InChI is InChI=1S/C20H18F3N3O4/c21-20(22,23)16-4-1-15(2-5-16)12-30-25-10-9-14-3-6-17(24-11-14)29-13-26-18(27)7-8-19(26)28/h1-6,10-11H,7-9,12-13H2. The summed E-state index contributed by atoms with van der Waals surface area (Å²) in [6, 6.07) is 8.02. The number of carbonyl (C=O) groups excluding carboxylic acids is 2. The van der Waals surface area contributed by atoms with Gasteiger partial charge in [0.2, 0.25) is 17.7 Å². The van der Waals surface area contributed by atoms with Gasteiger partial charge in [-0.2, -0.15) is 13.2 Å². The number of hydrogen-bond donors (Lipinski definition) is 0. The van der Waals surface area contributed by atoms with Crippen LogP contribution in [0.3, 0.4) is 0 Å². The molecule has 1 fully saturated rings. The summed E-state index contributed by atoms with van der Waals surface area (Å²) < 4.78 is 42.9. The molecular weight excluding hydrogens is 403 g/mol. The largest absolute Gasteiger partial charge is 0.456 e. The van der Waals surface area contributed by atoms with E-state index in [1.807, 2.05) is 0 Å². The zero-order chi connectivity index (χ0) is 21.6. The van der Waals surface area contributed by atoms with E-state index in [0.29, 0.717) is 12.0 Å². The number of nitrogens with zero attached hydrogens (tertiary/aromatic N) is 3. The molecule has 0 radical (unpaired) electrons. The van der Waals surface area contributed by atoms with E-state index in [1.165, 1.54) is 18.3 Å². The molecule has 7 nitrogen and oxygen atoms in total. The molecule has 0 saturated carbocycles. The van der Waals surface area contributed by atoms with Crippen LogP contribution in [0.15, 0.2) is 47.8 Å². The maximum Gasteiger partial charge on any atom is 0.416 e. The molecule has 1 aromatic carbocycles. The highest BCUT2D eigenvalue weighted by Gasteiger charge is 2.30. The first-order chi connectivity index (χ1) is 14.3. The van der Waals surface area contributed by atoms with Crippen LogP contribution in [0.2, 0.25) is 0 Å². The number of likely N-dealkylation sites (tertiary alicyclic amines) is 1. The van der Waals surface area contributed by atoms with Gasteiger partial charge in [-0.1, -0.05) is 23.4 Å². The molecule has 1 aliphatic heterocycles. The van der Waals surface area contributed by atoms with Crippen molar-refractivity contribution in [1.29, 1.82) is 0 Å². The summed E-state index contributed by atoms with van der Waals surface area (Å²) in [5.41, 5.74) is 0.671. The second-order valence-electron chi connectivity index (χ2n) is 6.45. The van der Waals surface area contributed by atoms with Crippen molar-refractivity contribution in [3.63, 3.8) is 0 Å². The predicted molar refractivity (Wildman–Crippen MR) is 99.2 cm³/mol. The highest BCUT2D eigenvalue weighted by molar-refractivity contribution is 6.01. The Balaban J connectivity index is 1.40. The van der Waals surface area contributed by atoms with Gasteiger partial charge in [-0.05, 0) is 23.3 Å². The van der Waals surface area contributed by atoms with Crippen LogP contribution in [0.25, 0.3) is 0 Å². The highest BCUT2D eigenvalue weighted by atomic mass is 19.4. The van der Waals surface area contributed by atoms with Gasteiger partial charge in [0, 0.05) is 37.7 Å². The SMILES string of the molecule is O=C1CCC(=O)N1COc1ccc(CC=NOCc2ccc(C(F)(F)F)cc2)cn1. The van der Waals surface area contributed by atoms with Crippen LogP contribution in [-0.4, -0.2) is 34.6 Å². The van der Waals surface area contributed by atoms with Crippen molar-refractivity contribution in [2.24, 2.45) is 5.16 Å². The number of benzene rings is 1. The van der Waals surface area contributed by atoms with Crippen molar-refractivity contribution in [1.82, 2.24) is 9.88 Å². The highest BCUT2D eigenvalue weighted by Crippen LogP contribution is 2.29. The molecule has 30 heavy (non-hydrogen) atoms. The fraction of sp³-hybridized carbons (Fsp3) is 0.300. The van der Waals surface area contributed by atoms with Gasteiger partial charge in [-0.25, -0.2) is 9.88 Å². The second kappa shape index (κ2) is 9.38. The summed E-state index contributed by atoms with van der Waals surface area (Å²) in [6.07, 6.45) is -0.476. The normalized spacial score (nSPS) is 14.6. The molecule has 0 aliphatic carbocycles. The maximum absolute atomic E-state index is 12.5. The van der Waals surface area contributed by atoms with Gasteiger partial charge < -0.3 is 9.57 Å². The van der Waals surface area contributed by atoms with Crippen LogP contribution in [0.1, 0.15) is 29.5 Å². The molecule has 0 unspecified atom stereocenters. The number of oxime groups is 1. The number of pyridine rings is 1. The lowest BCUT2D eigenvalue weighted by Gasteiger charge is -2.14. The van der Waals surface area contributed by atoms with Crippen molar-refractivity contribution >= 4 is 18.0 Å². The van der Waals surface area contributed by atoms with Gasteiger partial charge in [0.05, 0.1) is 5.56 Å². The lowest BCUT2D eigenvalue weighted by atomic mass is 10.1. The van der Waals surface area contributed by atoms with E-state index in [0.717, 1.165) is 22.6 Å². The number of alkyl halides is 3. The summed E-state index contributed by atoms with van der Waals surface area (Å²) in [6.45, 7) is -0.114. The van der Waals surface area contributed by atoms with Crippen LogP contribution < -0.4 is 4.74 Å². The van der Waals surface area contributed by atoms with Crippen LogP contribution in [0, 0.1) is 0 Å². The molecule has 1 aromatic heterocycles. The van der Waals surface area contributed by atoms with Crippen molar-refractivity contribution in [3.8, 4) is 5.88 Å². The fourth-order valence-electron chi connectivity index (χ4n) is 2.61. The first kappa shape index (κ1) is 21.3. The van der Waals surface area contributed by atoms with E-state index in [-0.39, 0.29) is 43.9 Å². The van der Waals surface area contributed by atoms with E-state index in [2.05, 4.69) is 10.1 Å². The Morgan fingerprint density at radius 3 is 2.30 bits per heavy atom. The Kier molecular flexibility index (Phi) is 6.65. The fourth-order valence-corrected chi connectivity index (χ4v) is 2.61. The molecule has 0 atom stereocenters. The molecule has 1 aliphatic rings. The number of hydrogen-bond acceptors (Lipinski definition) is 6. The molecule has 0 bridgehead atoms. The average molecular weight is 421 g/mol. The zero-order valence-corrected chi connectivity index (χ0v) is 15.8. The minimum Gasteiger partial charge on any atom is -0.456 e. The first-order valence-corrected chi connectivity index (χ1v) is 9.04. The third kappa shape index (κ3) is 5.79. The quantitative estimate of drug-likeness (QED) is 0.371. The smallest absolute Gasteiger partial charge is 0.416 e. The summed E-state index contributed by atoms with van der Waals surface area (Å²) in [7, 11) is 0. The van der Waals surface area contributed by atoms with Gasteiger partial charge in [-0.3, -0.25) is 9.59 Å². The van der Waals surface area contributed by atoms with E-state index in [9.17, 15) is 22.8 Å². The van der Waals surface area contributed by atoms with Gasteiger partial charge in [-0.15, -0.1) is 0 Å². The number of halogens is 3. The topological polar surface area (TPSA) is 81.1 Å². The van der Waals surface area contributed by atoms with Crippen LogP contribution in [0.4, 0.5) is 13.2 Å². The van der Waals surface area contributed by atoms with Crippen molar-refractivity contribution in [2.45, 2.75) is 32.0 Å². The Labute approximate surface area is 170 Å². The first-order valence-electron chi connectivity index (χ1n) is 9.04. The van der Waals surface area contributed by atoms with Gasteiger partial charge in [0.25, 0.3) is 0 Å². The maximum atomic E-state index is 12.5. The minimum atomic E-state index is -4.37. The minimum absolute atomic E-state index is 0.0492. The van der Waals surface area contributed by atoms with Gasteiger partial charge in [0.15, 0.2) is 6.73 Å². The Morgan fingerprint density at radius 2 is 1.70 bits per heavy atom. The summed E-state index contributed by atoms with van der Waals surface area (Å²) in [5.74, 6) is -0.241. The lowest BCUT2D eigenvalue weighted by molar-refractivity contribution is -0.142. The molecule has 3 rings (SSSR count). The van der Waals surface area contributed by atoms with Crippen molar-refractivity contribution in [2.75, 3.05) is 6.73 Å². The molecule has 2 amide bonds. The van der Waals surface area contributed by atoms with Crippen molar-refractivity contribution < 1.29 is 32.3 Å². The lowest BCUT2D eigenvalue weighted by Crippen LogP contribution is -2.33. The van der Waals surface area contributed by atoms with Crippen molar-refractivity contribution in [3.05, 3.63) is 59.3 Å². The number of rotatable bonds is 8. The third-order valence-corrected chi connectivity index (χ3v) is 4.28. The number of amides is 2. The number of ether oxygens (including phenoxy) is 1. The van der Waals surface area contributed by atoms with Crippen LogP contribution >= 0.6 is 0 Å². The van der Waals surface area contributed by atoms with Crippen LogP contribution in [-0.2, 0) is 33.6 Å². The average Bonchev–Trinajstić information content (AvgIpc) is 3.04. The monoisotopic (exact) mass is 421 g/mol. The molecule has 10 heteroatoms. The summed E-state index contributed by atoms with van der Waals surface area (Å²) in [4.78, 5) is 33.2. The Morgan fingerprint density at radius 1 is 1.03 bits per heavy atom. The molecular formula is C20H18F3N3O4. The third-order valence-electron chi connectivity index (χ3n) is 4.28. The van der Waals surface area contributed by atoms with Gasteiger partial charge in [0.1, 0.15) is 6.61 Å². The van der Waals surface area contributed by atoms with Gasteiger partial charge >= 0.3 is 6.18 Å². The number of aromatic nitrogens is 1. The zero-order valence-electron chi connectivity index (χ0n) is 15.8. The van der Waals surface area contributed by atoms with E-state index in [1.54, 1.807) is 18.3 Å². The Hall–Kier alpha value is -3.43. The van der Waals surface area contributed by atoms with E-state index >= 15 is 0 Å². The molecule has 158 valence electrons. The van der Waals surface area contributed by atoms with Crippen LogP contribution in [0.5, 0.6) is 5.88 Å². The molecule has 1 saturated heterocycles. The molecule has 2 heterocycles. The van der Waals surface area contributed by atoms with E-state index < -0.39 is 11.7 Å². The summed E-state index contributed by atoms with van der Waals surface area (Å²) >= 11 is 0. The number of carbonyl (C=O) groups is 2. The molecule has 0 N–H and O–H groups in total. The van der Waals surface area contributed by atoms with E-state index in [4.69, 9.17) is 9.57 Å². The molecule has 0 spiro atoms. The predicted octanol–water partition coefficient (Wildman–Crippen LogP) is 3.33. The summed E-state index contributed by atoms with van der Waals surface area (Å²) in [5, 5.41) is 3.77. The second-order valence-corrected chi connectivity index (χ2v) is 6.45. The molecule has 2 aromatic rings. The Bertz CT molecular complexity index is 896. The number of imide groups is 1.